The number of ether oxygens (including phenoxy) is 1. The van der Waals surface area contributed by atoms with Crippen LogP contribution >= 0.6 is 0 Å². The van der Waals surface area contributed by atoms with Crippen molar-refractivity contribution in [2.75, 3.05) is 20.1 Å². The Morgan fingerprint density at radius 3 is 2.02 bits per heavy atom. The number of aliphatic hydroxyl groups is 2. The first-order valence-corrected chi connectivity index (χ1v) is 14.5. The molecule has 14 nitrogen and oxygen atoms in total. The number of piperidine rings is 1. The summed E-state index contributed by atoms with van der Waals surface area (Å²) in [5.41, 5.74) is 8.25. The van der Waals surface area contributed by atoms with Gasteiger partial charge in [-0.3, -0.25) is 14.6 Å². The highest BCUT2D eigenvalue weighted by molar-refractivity contribution is 5.98. The molecule has 0 aromatic heterocycles. The van der Waals surface area contributed by atoms with Crippen molar-refractivity contribution in [3.8, 4) is 0 Å². The fourth-order valence-electron chi connectivity index (χ4n) is 4.99. The molecule has 14 heteroatoms. The minimum absolute atomic E-state index is 0.174. The lowest BCUT2D eigenvalue weighted by molar-refractivity contribution is -0.165. The first kappa shape index (κ1) is 35.8. The highest BCUT2D eigenvalue weighted by atomic mass is 16.5. The van der Waals surface area contributed by atoms with Crippen molar-refractivity contribution in [2.24, 2.45) is 16.3 Å². The standard InChI is InChI=1S/C28H35N5O3.C4H6O6/c1-20-28(17-21-11-7-5-8-12-21)19-33(16-15-23(28)31-32(20)4)25(34)24(30-26(35)27(2,3)29)36-18-22-13-9-6-10-14-22;5-1(3(7)8)2(6)4(9)10/h5-14,24H,1,15-19,29H2,2-4H3,(H,30,35);1-2,5-6H,(H,7,8)(H,9,10)/t24?,28-;/m0./s1. The van der Waals surface area contributed by atoms with Gasteiger partial charge in [0.15, 0.2) is 12.2 Å². The number of aliphatic carboxylic acids is 2. The predicted octanol–water partition coefficient (Wildman–Crippen LogP) is 0.537. The van der Waals surface area contributed by atoms with E-state index >= 15 is 0 Å². The van der Waals surface area contributed by atoms with E-state index in [1.165, 1.54) is 0 Å². The number of rotatable bonds is 11. The van der Waals surface area contributed by atoms with Gasteiger partial charge >= 0.3 is 11.9 Å². The second-order valence-corrected chi connectivity index (χ2v) is 11.7. The highest BCUT2D eigenvalue weighted by Gasteiger charge is 2.50. The number of hydrogen-bond acceptors (Lipinski definition) is 10. The molecule has 2 aliphatic heterocycles. The number of carbonyl (C=O) groups is 4. The van der Waals surface area contributed by atoms with Gasteiger partial charge < -0.3 is 41.1 Å². The SMILES string of the molecule is C=C1N(C)N=C2CCN(C(=O)C(NC(=O)C(C)(C)N)OCc3ccccc3)C[C@@]12Cc1ccccc1.O=C(O)C(O)C(O)C(=O)O. The summed E-state index contributed by atoms with van der Waals surface area (Å²) in [6.45, 7) is 8.58. The van der Waals surface area contributed by atoms with Crippen LogP contribution in [0.25, 0.3) is 0 Å². The summed E-state index contributed by atoms with van der Waals surface area (Å²) < 4.78 is 5.98. The van der Waals surface area contributed by atoms with Crippen LogP contribution in [0.1, 0.15) is 31.4 Å². The van der Waals surface area contributed by atoms with Crippen LogP contribution in [-0.4, -0.2) is 104 Å². The van der Waals surface area contributed by atoms with Gasteiger partial charge in [-0.15, -0.1) is 0 Å². The van der Waals surface area contributed by atoms with Crippen LogP contribution in [0.3, 0.4) is 0 Å². The van der Waals surface area contributed by atoms with Crippen LogP contribution in [0.15, 0.2) is 78.0 Å². The summed E-state index contributed by atoms with van der Waals surface area (Å²) >= 11 is 0. The highest BCUT2D eigenvalue weighted by Crippen LogP contribution is 2.43. The van der Waals surface area contributed by atoms with Gasteiger partial charge in [0.2, 0.25) is 12.1 Å². The van der Waals surface area contributed by atoms with E-state index in [1.54, 1.807) is 18.7 Å². The Balaban J connectivity index is 0.000000498. The molecule has 0 bridgehead atoms. The molecule has 2 amide bonds. The van der Waals surface area contributed by atoms with Crippen molar-refractivity contribution in [1.82, 2.24) is 15.2 Å². The smallest absolute Gasteiger partial charge is 0.335 e. The Labute approximate surface area is 266 Å². The quantitative estimate of drug-likeness (QED) is 0.187. The molecule has 0 spiro atoms. The lowest BCUT2D eigenvalue weighted by atomic mass is 9.72. The Morgan fingerprint density at radius 2 is 1.52 bits per heavy atom. The van der Waals surface area contributed by atoms with Crippen LogP contribution in [-0.2, 0) is 36.9 Å². The number of amides is 2. The summed E-state index contributed by atoms with van der Waals surface area (Å²) in [7, 11) is 1.89. The number of nitrogens with two attached hydrogens (primary N) is 1. The van der Waals surface area contributed by atoms with Gasteiger partial charge in [-0.05, 0) is 31.4 Å². The maximum Gasteiger partial charge on any atom is 0.335 e. The van der Waals surface area contributed by atoms with Gasteiger partial charge in [-0.2, -0.15) is 5.10 Å². The van der Waals surface area contributed by atoms with Crippen molar-refractivity contribution >= 4 is 29.5 Å². The van der Waals surface area contributed by atoms with Gasteiger partial charge in [0, 0.05) is 32.3 Å². The third-order valence-corrected chi connectivity index (χ3v) is 7.64. The number of hydrazone groups is 1. The Morgan fingerprint density at radius 1 is 1.00 bits per heavy atom. The second kappa shape index (κ2) is 15.1. The number of carbonyl (C=O) groups excluding carboxylic acids is 2. The zero-order valence-corrected chi connectivity index (χ0v) is 26.0. The summed E-state index contributed by atoms with van der Waals surface area (Å²) in [5.74, 6) is -4.31. The number of fused-ring (bicyclic) bond motifs is 1. The van der Waals surface area contributed by atoms with Crippen molar-refractivity contribution in [3.05, 3.63) is 84.1 Å². The molecule has 3 unspecified atom stereocenters. The van der Waals surface area contributed by atoms with E-state index in [0.717, 1.165) is 22.5 Å². The van der Waals surface area contributed by atoms with E-state index in [1.807, 2.05) is 60.6 Å². The second-order valence-electron chi connectivity index (χ2n) is 11.7. The van der Waals surface area contributed by atoms with E-state index in [4.69, 9.17) is 36.0 Å². The molecule has 2 heterocycles. The average molecular weight is 640 g/mol. The maximum atomic E-state index is 13.8. The zero-order chi connectivity index (χ0) is 34.2. The van der Waals surface area contributed by atoms with Crippen LogP contribution in [0.2, 0.25) is 0 Å². The molecule has 7 N–H and O–H groups in total. The number of aliphatic hydroxyl groups excluding tert-OH is 2. The van der Waals surface area contributed by atoms with E-state index in [-0.39, 0.29) is 12.5 Å². The minimum Gasteiger partial charge on any atom is -0.479 e. The van der Waals surface area contributed by atoms with Gasteiger partial charge in [0.25, 0.3) is 5.91 Å². The number of carboxylic acids is 2. The fraction of sp³-hybridized carbons (Fsp3) is 0.406. The van der Waals surface area contributed by atoms with E-state index in [0.29, 0.717) is 25.9 Å². The van der Waals surface area contributed by atoms with E-state index in [2.05, 4.69) is 24.0 Å². The van der Waals surface area contributed by atoms with E-state index in [9.17, 15) is 19.2 Å². The largest absolute Gasteiger partial charge is 0.479 e. The topological polar surface area (TPSA) is 215 Å². The summed E-state index contributed by atoms with van der Waals surface area (Å²) in [6.07, 6.45) is -4.41. The lowest BCUT2D eigenvalue weighted by Gasteiger charge is -2.42. The number of carboxylic acid groups (broad SMARTS) is 2. The van der Waals surface area contributed by atoms with E-state index < -0.39 is 47.2 Å². The first-order valence-electron chi connectivity index (χ1n) is 14.5. The van der Waals surface area contributed by atoms with Crippen molar-refractivity contribution in [3.63, 3.8) is 0 Å². The third-order valence-electron chi connectivity index (χ3n) is 7.64. The van der Waals surface area contributed by atoms with Gasteiger partial charge in [0.1, 0.15) is 0 Å². The van der Waals surface area contributed by atoms with Crippen LogP contribution in [0, 0.1) is 5.41 Å². The van der Waals surface area contributed by atoms with Gasteiger partial charge in [-0.1, -0.05) is 67.2 Å². The Bertz CT molecular complexity index is 1430. The third kappa shape index (κ3) is 8.75. The Kier molecular flexibility index (Phi) is 11.8. The molecule has 2 aliphatic rings. The molecule has 4 atom stereocenters. The zero-order valence-electron chi connectivity index (χ0n) is 26.0. The molecule has 0 aliphatic carbocycles. The van der Waals surface area contributed by atoms with Crippen molar-refractivity contribution < 1.29 is 44.3 Å². The predicted molar refractivity (Wildman–Crippen MR) is 167 cm³/mol. The minimum atomic E-state index is -2.27. The first-order chi connectivity index (χ1) is 21.6. The summed E-state index contributed by atoms with van der Waals surface area (Å²) in [4.78, 5) is 47.8. The molecular weight excluding hydrogens is 598 g/mol. The molecule has 0 radical (unpaired) electrons. The number of likely N-dealkylation sites (tertiary alicyclic amines) is 1. The summed E-state index contributed by atoms with van der Waals surface area (Å²) in [6, 6.07) is 19.7. The Hall–Kier alpha value is -4.63. The fourth-order valence-corrected chi connectivity index (χ4v) is 4.99. The molecule has 0 saturated carbocycles. The van der Waals surface area contributed by atoms with Gasteiger partial charge in [0.05, 0.1) is 23.3 Å². The normalized spacial score (nSPS) is 19.5. The number of benzene rings is 2. The lowest BCUT2D eigenvalue weighted by Crippen LogP contribution is -2.60. The molecule has 4 rings (SSSR count). The molecule has 2 aromatic rings. The summed E-state index contributed by atoms with van der Waals surface area (Å²) in [5, 5.41) is 41.8. The van der Waals surface area contributed by atoms with Crippen molar-refractivity contribution in [2.45, 2.75) is 57.3 Å². The molecule has 248 valence electrons. The molecule has 1 saturated heterocycles. The van der Waals surface area contributed by atoms with Crippen LogP contribution in [0.5, 0.6) is 0 Å². The number of nitrogens with one attached hydrogen (secondary N) is 1. The molecular formula is C32H41N5O9. The van der Waals surface area contributed by atoms with Crippen LogP contribution in [0.4, 0.5) is 0 Å². The molecule has 1 fully saturated rings. The monoisotopic (exact) mass is 639 g/mol. The van der Waals surface area contributed by atoms with Crippen molar-refractivity contribution in [1.29, 1.82) is 0 Å². The van der Waals surface area contributed by atoms with Gasteiger partial charge in [-0.25, -0.2) is 9.59 Å². The number of nitrogens with zero attached hydrogens (tertiary/aromatic N) is 3. The average Bonchev–Trinajstić information content (AvgIpc) is 3.26. The molecule has 46 heavy (non-hydrogen) atoms. The maximum absolute atomic E-state index is 13.8. The number of hydrogen-bond donors (Lipinski definition) is 6. The molecule has 2 aromatic carbocycles. The van der Waals surface area contributed by atoms with Crippen LogP contribution < -0.4 is 11.1 Å².